The zero-order chi connectivity index (χ0) is 17.0. The first kappa shape index (κ1) is 20.9. The van der Waals surface area contributed by atoms with Gasteiger partial charge in [-0.3, -0.25) is 4.79 Å². The van der Waals surface area contributed by atoms with Crippen LogP contribution >= 0.6 is 12.4 Å². The second-order valence-electron chi connectivity index (χ2n) is 7.10. The monoisotopic (exact) mass is 354 g/mol. The highest BCUT2D eigenvalue weighted by atomic mass is 35.5. The van der Waals surface area contributed by atoms with Crippen LogP contribution in [0.25, 0.3) is 0 Å². The zero-order valence-corrected chi connectivity index (χ0v) is 16.1. The second-order valence-corrected chi connectivity index (χ2v) is 7.10. The first-order chi connectivity index (χ1) is 10.9. The average molecular weight is 355 g/mol. The lowest BCUT2D eigenvalue weighted by Crippen LogP contribution is -2.62. The van der Waals surface area contributed by atoms with E-state index in [-0.39, 0.29) is 35.9 Å². The summed E-state index contributed by atoms with van der Waals surface area (Å²) in [6.45, 7) is 7.87. The predicted octanol–water partition coefficient (Wildman–Crippen LogP) is 3.62. The maximum absolute atomic E-state index is 12.7. The van der Waals surface area contributed by atoms with E-state index in [1.165, 1.54) is 0 Å². The molecule has 0 saturated heterocycles. The Balaban J connectivity index is 0.00000288. The van der Waals surface area contributed by atoms with Crippen LogP contribution in [0.4, 0.5) is 0 Å². The number of halogens is 1. The van der Waals surface area contributed by atoms with Gasteiger partial charge in [0.15, 0.2) is 0 Å². The Hall–Kier alpha value is -1.10. The fourth-order valence-electron chi connectivity index (χ4n) is 3.30. The van der Waals surface area contributed by atoms with Crippen molar-refractivity contribution in [3.8, 4) is 0 Å². The van der Waals surface area contributed by atoms with Crippen molar-refractivity contribution in [1.29, 1.82) is 0 Å². The number of rotatable bonds is 7. The lowest BCUT2D eigenvalue weighted by atomic mass is 9.63. The number of benzene rings is 1. The van der Waals surface area contributed by atoms with E-state index < -0.39 is 0 Å². The van der Waals surface area contributed by atoms with Gasteiger partial charge in [-0.1, -0.05) is 39.3 Å². The molecule has 0 aromatic heterocycles. The van der Waals surface area contributed by atoms with Crippen LogP contribution in [0.15, 0.2) is 24.3 Å². The summed E-state index contributed by atoms with van der Waals surface area (Å²) in [5, 5.41) is 0. The molecule has 1 amide bonds. The molecule has 1 aliphatic carbocycles. The number of carbonyl (C=O) groups excluding carboxylic acids is 1. The Morgan fingerprint density at radius 2 is 1.96 bits per heavy atom. The molecule has 0 radical (unpaired) electrons. The molecule has 1 aromatic carbocycles. The van der Waals surface area contributed by atoms with Gasteiger partial charge in [0.2, 0.25) is 0 Å². The van der Waals surface area contributed by atoms with E-state index in [9.17, 15) is 4.79 Å². The van der Waals surface area contributed by atoms with Crippen molar-refractivity contribution in [2.75, 3.05) is 13.7 Å². The summed E-state index contributed by atoms with van der Waals surface area (Å²) in [5.41, 5.74) is 7.36. The van der Waals surface area contributed by atoms with E-state index in [0.29, 0.717) is 6.54 Å². The van der Waals surface area contributed by atoms with Gasteiger partial charge in [-0.05, 0) is 30.5 Å². The number of unbranched alkanes of at least 4 members (excludes halogenated alkanes) is 1. The molecule has 1 aliphatic rings. The van der Waals surface area contributed by atoms with Crippen LogP contribution in [-0.4, -0.2) is 36.6 Å². The van der Waals surface area contributed by atoms with Gasteiger partial charge in [-0.15, -0.1) is 12.4 Å². The summed E-state index contributed by atoms with van der Waals surface area (Å²) in [5.74, 6) is 0.0682. The number of hydrogen-bond acceptors (Lipinski definition) is 3. The Bertz CT molecular complexity index is 531. The molecule has 2 unspecified atom stereocenters. The van der Waals surface area contributed by atoms with Gasteiger partial charge in [0.1, 0.15) is 0 Å². The van der Waals surface area contributed by atoms with E-state index in [1.807, 2.05) is 36.2 Å². The fraction of sp³-hybridized carbons (Fsp3) is 0.632. The Morgan fingerprint density at radius 1 is 1.33 bits per heavy atom. The van der Waals surface area contributed by atoms with Crippen molar-refractivity contribution >= 4 is 18.3 Å². The number of nitrogens with two attached hydrogens (primary N) is 1. The number of amides is 1. The van der Waals surface area contributed by atoms with Gasteiger partial charge >= 0.3 is 0 Å². The zero-order valence-electron chi connectivity index (χ0n) is 15.2. The van der Waals surface area contributed by atoms with Gasteiger partial charge < -0.3 is 15.4 Å². The van der Waals surface area contributed by atoms with E-state index in [0.717, 1.165) is 37.0 Å². The van der Waals surface area contributed by atoms with Crippen LogP contribution in [0.1, 0.15) is 56.0 Å². The first-order valence-electron chi connectivity index (χ1n) is 8.59. The normalized spacial score (nSPS) is 21.5. The Morgan fingerprint density at radius 3 is 2.46 bits per heavy atom. The summed E-state index contributed by atoms with van der Waals surface area (Å²) in [4.78, 5) is 14.6. The minimum Gasteiger partial charge on any atom is -0.378 e. The Labute approximate surface area is 152 Å². The number of ether oxygens (including phenoxy) is 1. The molecular formula is C19H31ClN2O2. The van der Waals surface area contributed by atoms with E-state index in [2.05, 4.69) is 20.8 Å². The van der Waals surface area contributed by atoms with Crippen LogP contribution in [-0.2, 0) is 11.3 Å². The molecule has 1 aromatic rings. The van der Waals surface area contributed by atoms with Crippen LogP contribution in [0.2, 0.25) is 0 Å². The summed E-state index contributed by atoms with van der Waals surface area (Å²) in [7, 11) is 1.90. The van der Waals surface area contributed by atoms with Crippen LogP contribution < -0.4 is 5.73 Å². The molecule has 0 spiro atoms. The maximum Gasteiger partial charge on any atom is 0.253 e. The lowest BCUT2D eigenvalue weighted by molar-refractivity contribution is -0.140. The lowest BCUT2D eigenvalue weighted by Gasteiger charge is -2.55. The fourth-order valence-corrected chi connectivity index (χ4v) is 3.30. The van der Waals surface area contributed by atoms with Crippen molar-refractivity contribution in [3.05, 3.63) is 35.4 Å². The quantitative estimate of drug-likeness (QED) is 0.761. The van der Waals surface area contributed by atoms with Gasteiger partial charge in [-0.2, -0.15) is 0 Å². The highest BCUT2D eigenvalue weighted by molar-refractivity contribution is 5.94. The third-order valence-corrected chi connectivity index (χ3v) is 5.17. The molecule has 136 valence electrons. The van der Waals surface area contributed by atoms with Crippen LogP contribution in [0.5, 0.6) is 0 Å². The number of hydrogen-bond donors (Lipinski definition) is 1. The molecule has 0 bridgehead atoms. The highest BCUT2D eigenvalue weighted by Crippen LogP contribution is 2.45. The van der Waals surface area contributed by atoms with E-state index >= 15 is 0 Å². The second kappa shape index (κ2) is 8.84. The summed E-state index contributed by atoms with van der Waals surface area (Å²) in [6, 6.07) is 7.78. The summed E-state index contributed by atoms with van der Waals surface area (Å²) >= 11 is 0. The highest BCUT2D eigenvalue weighted by Gasteiger charge is 2.51. The molecule has 0 heterocycles. The van der Waals surface area contributed by atoms with Gasteiger partial charge in [0.25, 0.3) is 5.91 Å². The molecule has 2 N–H and O–H groups in total. The number of carbonyl (C=O) groups is 1. The van der Waals surface area contributed by atoms with Crippen molar-refractivity contribution in [3.63, 3.8) is 0 Å². The standard InChI is InChI=1S/C19H30N2O2.ClH/c1-5-6-11-23-17-12-16(19(17,2)3)21(4)18(22)15-9-7-14(13-20)8-10-15;/h7-10,16-17H,5-6,11-13,20H2,1-4H3;1H. The third kappa shape index (κ3) is 4.29. The van der Waals surface area contributed by atoms with E-state index in [1.54, 1.807) is 0 Å². The molecule has 4 nitrogen and oxygen atoms in total. The van der Waals surface area contributed by atoms with E-state index in [4.69, 9.17) is 10.5 Å². The largest absolute Gasteiger partial charge is 0.378 e. The van der Waals surface area contributed by atoms with Crippen molar-refractivity contribution < 1.29 is 9.53 Å². The topological polar surface area (TPSA) is 55.6 Å². The van der Waals surface area contributed by atoms with Crippen LogP contribution in [0.3, 0.4) is 0 Å². The van der Waals surface area contributed by atoms with Crippen molar-refractivity contribution in [2.45, 2.75) is 58.7 Å². The number of nitrogens with zero attached hydrogens (tertiary/aromatic N) is 1. The molecule has 1 saturated carbocycles. The average Bonchev–Trinajstić information content (AvgIpc) is 2.56. The SMILES string of the molecule is CCCCOC1CC(N(C)C(=O)c2ccc(CN)cc2)C1(C)C.Cl. The van der Waals surface area contributed by atoms with Gasteiger partial charge in [0, 0.05) is 37.2 Å². The van der Waals surface area contributed by atoms with Crippen LogP contribution in [0, 0.1) is 5.41 Å². The molecule has 24 heavy (non-hydrogen) atoms. The molecular weight excluding hydrogens is 324 g/mol. The molecule has 1 fully saturated rings. The predicted molar refractivity (Wildman–Crippen MR) is 101 cm³/mol. The smallest absolute Gasteiger partial charge is 0.253 e. The third-order valence-electron chi connectivity index (χ3n) is 5.17. The van der Waals surface area contributed by atoms with Gasteiger partial charge in [-0.25, -0.2) is 0 Å². The minimum atomic E-state index is -0.00461. The molecule has 5 heteroatoms. The summed E-state index contributed by atoms with van der Waals surface area (Å²) < 4.78 is 5.98. The molecule has 2 rings (SSSR count). The van der Waals surface area contributed by atoms with Gasteiger partial charge in [0.05, 0.1) is 6.10 Å². The minimum absolute atomic E-state index is 0. The first-order valence-corrected chi connectivity index (χ1v) is 8.59. The van der Waals surface area contributed by atoms with Crippen molar-refractivity contribution in [1.82, 2.24) is 4.90 Å². The summed E-state index contributed by atoms with van der Waals surface area (Å²) in [6.07, 6.45) is 3.40. The molecule has 0 aliphatic heterocycles. The van der Waals surface area contributed by atoms with Crippen molar-refractivity contribution in [2.24, 2.45) is 11.1 Å². The Kier molecular flexibility index (Phi) is 7.71. The maximum atomic E-state index is 12.7. The molecule has 2 atom stereocenters.